The molecule has 1 saturated carbocycles. The third-order valence-corrected chi connectivity index (χ3v) is 4.55. The number of rotatable bonds is 2. The number of nitrogens with one attached hydrogen (secondary N) is 1. The van der Waals surface area contributed by atoms with Gasteiger partial charge in [-0.1, -0.05) is 18.6 Å². The van der Waals surface area contributed by atoms with Gasteiger partial charge in [0, 0.05) is 25.3 Å². The molecule has 2 atom stereocenters. The Morgan fingerprint density at radius 1 is 1.29 bits per heavy atom. The summed E-state index contributed by atoms with van der Waals surface area (Å²) in [5, 5.41) is 3.01. The van der Waals surface area contributed by atoms with Gasteiger partial charge in [-0.3, -0.25) is 0 Å². The zero-order valence-electron chi connectivity index (χ0n) is 12.3. The van der Waals surface area contributed by atoms with Crippen LogP contribution in [0.4, 0.5) is 10.5 Å². The maximum Gasteiger partial charge on any atom is 0.321 e. The van der Waals surface area contributed by atoms with Crippen molar-refractivity contribution >= 4 is 24.1 Å². The van der Waals surface area contributed by atoms with Crippen LogP contribution < -0.4 is 11.1 Å². The Kier molecular flexibility index (Phi) is 5.48. The van der Waals surface area contributed by atoms with Crippen molar-refractivity contribution in [1.29, 1.82) is 0 Å². The number of fused-ring (bicyclic) bond motifs is 2. The molecule has 21 heavy (non-hydrogen) atoms. The summed E-state index contributed by atoms with van der Waals surface area (Å²) in [7, 11) is 0. The molecule has 2 aliphatic rings. The van der Waals surface area contributed by atoms with Crippen molar-refractivity contribution in [3.8, 4) is 0 Å². The van der Waals surface area contributed by atoms with Crippen LogP contribution in [-0.4, -0.2) is 24.0 Å². The molecule has 1 saturated heterocycles. The number of nitrogens with two attached hydrogens (primary N) is 1. The van der Waals surface area contributed by atoms with E-state index >= 15 is 0 Å². The van der Waals surface area contributed by atoms with Crippen molar-refractivity contribution in [1.82, 2.24) is 4.90 Å². The molecular weight excluding hydrogens is 286 g/mol. The number of hydrogen-bond acceptors (Lipinski definition) is 2. The van der Waals surface area contributed by atoms with E-state index in [-0.39, 0.29) is 18.4 Å². The normalized spacial score (nSPS) is 24.1. The number of likely N-dealkylation sites (tertiary alicyclic amines) is 1. The molecule has 2 amide bonds. The Balaban J connectivity index is 0.00000161. The summed E-state index contributed by atoms with van der Waals surface area (Å²) in [5.41, 5.74) is 7.51. The molecule has 1 aliphatic heterocycles. The summed E-state index contributed by atoms with van der Waals surface area (Å²) in [6.07, 6.45) is 5.21. The van der Waals surface area contributed by atoms with Crippen molar-refractivity contribution in [2.75, 3.05) is 18.4 Å². The van der Waals surface area contributed by atoms with E-state index in [9.17, 15) is 4.79 Å². The first kappa shape index (κ1) is 16.1. The predicted molar refractivity (Wildman–Crippen MR) is 87.6 cm³/mol. The molecule has 1 aliphatic carbocycles. The van der Waals surface area contributed by atoms with Gasteiger partial charge in [0.1, 0.15) is 0 Å². The highest BCUT2D eigenvalue weighted by Crippen LogP contribution is 2.34. The molecule has 2 bridgehead atoms. The summed E-state index contributed by atoms with van der Waals surface area (Å²) in [6, 6.07) is 7.81. The summed E-state index contributed by atoms with van der Waals surface area (Å²) < 4.78 is 0. The van der Waals surface area contributed by atoms with E-state index in [1.54, 1.807) is 0 Å². The number of anilines is 1. The Labute approximate surface area is 132 Å². The highest BCUT2D eigenvalue weighted by atomic mass is 35.5. The summed E-state index contributed by atoms with van der Waals surface area (Å²) in [6.45, 7) is 2.33. The molecule has 5 heteroatoms. The lowest BCUT2D eigenvalue weighted by Gasteiger charge is -2.41. The second kappa shape index (κ2) is 7.14. The van der Waals surface area contributed by atoms with Gasteiger partial charge in [0.05, 0.1) is 0 Å². The van der Waals surface area contributed by atoms with Gasteiger partial charge in [0.15, 0.2) is 0 Å². The Morgan fingerprint density at radius 3 is 2.67 bits per heavy atom. The van der Waals surface area contributed by atoms with E-state index in [4.69, 9.17) is 5.73 Å². The summed E-state index contributed by atoms with van der Waals surface area (Å²) in [4.78, 5) is 14.4. The number of halogens is 1. The molecular formula is C16H24ClN3O. The Morgan fingerprint density at radius 2 is 2.00 bits per heavy atom. The SMILES string of the molecule is Cl.NCc1cccc(NC(=O)N2C[C@@H]3CCC[C@H](C3)C2)c1. The molecule has 1 heterocycles. The molecule has 3 N–H and O–H groups in total. The van der Waals surface area contributed by atoms with Crippen LogP contribution in [0.5, 0.6) is 0 Å². The molecule has 0 spiro atoms. The molecule has 116 valence electrons. The van der Waals surface area contributed by atoms with Crippen LogP contribution >= 0.6 is 12.4 Å². The van der Waals surface area contributed by atoms with Gasteiger partial charge >= 0.3 is 6.03 Å². The van der Waals surface area contributed by atoms with E-state index in [1.165, 1.54) is 25.7 Å². The maximum atomic E-state index is 12.4. The average Bonchev–Trinajstić information content (AvgIpc) is 2.47. The summed E-state index contributed by atoms with van der Waals surface area (Å²) in [5.74, 6) is 1.42. The third kappa shape index (κ3) is 3.89. The second-order valence-electron chi connectivity index (χ2n) is 6.14. The number of urea groups is 1. The highest BCUT2D eigenvalue weighted by Gasteiger charge is 2.32. The zero-order chi connectivity index (χ0) is 13.9. The van der Waals surface area contributed by atoms with Crippen LogP contribution in [0.2, 0.25) is 0 Å². The number of carbonyl (C=O) groups is 1. The molecule has 0 unspecified atom stereocenters. The predicted octanol–water partition coefficient (Wildman–Crippen LogP) is 3.22. The van der Waals surface area contributed by atoms with Gasteiger partial charge in [-0.15, -0.1) is 12.4 Å². The molecule has 0 aromatic heterocycles. The van der Waals surface area contributed by atoms with Gasteiger partial charge < -0.3 is 16.0 Å². The quantitative estimate of drug-likeness (QED) is 0.881. The average molecular weight is 310 g/mol. The fourth-order valence-corrected chi connectivity index (χ4v) is 3.58. The number of piperidine rings is 1. The maximum absolute atomic E-state index is 12.4. The minimum atomic E-state index is 0. The first-order chi connectivity index (χ1) is 9.74. The van der Waals surface area contributed by atoms with Crippen molar-refractivity contribution < 1.29 is 4.79 Å². The van der Waals surface area contributed by atoms with E-state index < -0.39 is 0 Å². The van der Waals surface area contributed by atoms with Crippen LogP contribution in [0.15, 0.2) is 24.3 Å². The fourth-order valence-electron chi connectivity index (χ4n) is 3.58. The van der Waals surface area contributed by atoms with Crippen molar-refractivity contribution in [2.45, 2.75) is 32.2 Å². The topological polar surface area (TPSA) is 58.4 Å². The van der Waals surface area contributed by atoms with E-state index in [1.807, 2.05) is 29.2 Å². The fraction of sp³-hybridized carbons (Fsp3) is 0.562. The van der Waals surface area contributed by atoms with E-state index in [0.29, 0.717) is 18.4 Å². The summed E-state index contributed by atoms with van der Waals surface area (Å²) >= 11 is 0. The van der Waals surface area contributed by atoms with Crippen molar-refractivity contribution in [3.63, 3.8) is 0 Å². The Bertz CT molecular complexity index is 482. The number of nitrogens with zero attached hydrogens (tertiary/aromatic N) is 1. The van der Waals surface area contributed by atoms with Gasteiger partial charge in [-0.25, -0.2) is 4.79 Å². The van der Waals surface area contributed by atoms with Crippen LogP contribution in [0.25, 0.3) is 0 Å². The second-order valence-corrected chi connectivity index (χ2v) is 6.14. The molecule has 1 aromatic carbocycles. The minimum absolute atomic E-state index is 0. The smallest absolute Gasteiger partial charge is 0.321 e. The van der Waals surface area contributed by atoms with Crippen LogP contribution in [0.3, 0.4) is 0 Å². The van der Waals surface area contributed by atoms with Gasteiger partial charge in [0.2, 0.25) is 0 Å². The molecule has 2 fully saturated rings. The van der Waals surface area contributed by atoms with Crippen LogP contribution in [0, 0.1) is 11.8 Å². The lowest BCUT2D eigenvalue weighted by molar-refractivity contribution is 0.110. The third-order valence-electron chi connectivity index (χ3n) is 4.55. The van der Waals surface area contributed by atoms with E-state index in [2.05, 4.69) is 5.32 Å². The zero-order valence-corrected chi connectivity index (χ0v) is 13.1. The lowest BCUT2D eigenvalue weighted by Crippen LogP contribution is -2.47. The van der Waals surface area contributed by atoms with Crippen molar-refractivity contribution in [2.24, 2.45) is 17.6 Å². The van der Waals surface area contributed by atoms with Gasteiger partial charge in [-0.2, -0.15) is 0 Å². The standard InChI is InChI=1S/C16H23N3O.ClH/c17-9-12-3-2-6-15(8-12)18-16(20)19-10-13-4-1-5-14(7-13)11-19;/h2-3,6,8,13-14H,1,4-5,7,9-11,17H2,(H,18,20);1H/t13-,14-;/m1./s1. The molecule has 0 radical (unpaired) electrons. The van der Waals surface area contributed by atoms with Crippen molar-refractivity contribution in [3.05, 3.63) is 29.8 Å². The number of benzene rings is 1. The monoisotopic (exact) mass is 309 g/mol. The highest BCUT2D eigenvalue weighted by molar-refractivity contribution is 5.89. The Hall–Kier alpha value is -1.26. The lowest BCUT2D eigenvalue weighted by atomic mass is 9.78. The van der Waals surface area contributed by atoms with Crippen LogP contribution in [-0.2, 0) is 6.54 Å². The first-order valence-electron chi connectivity index (χ1n) is 7.59. The van der Waals surface area contributed by atoms with Gasteiger partial charge in [0.25, 0.3) is 0 Å². The first-order valence-corrected chi connectivity index (χ1v) is 7.59. The molecule has 4 nitrogen and oxygen atoms in total. The van der Waals surface area contributed by atoms with E-state index in [0.717, 1.165) is 24.3 Å². The van der Waals surface area contributed by atoms with Crippen LogP contribution in [0.1, 0.15) is 31.2 Å². The largest absolute Gasteiger partial charge is 0.326 e. The number of amides is 2. The van der Waals surface area contributed by atoms with Gasteiger partial charge in [-0.05, 0) is 48.8 Å². The molecule has 3 rings (SSSR count). The minimum Gasteiger partial charge on any atom is -0.326 e. The number of carbonyl (C=O) groups excluding carboxylic acids is 1. The number of hydrogen-bond donors (Lipinski definition) is 2. The molecule has 1 aromatic rings.